The average molecular weight is 237 g/mol. The number of benzene rings is 1. The number of carboxylic acids is 1. The van der Waals surface area contributed by atoms with Gasteiger partial charge in [-0.1, -0.05) is 5.16 Å². The molecule has 0 atom stereocenters. The van der Waals surface area contributed by atoms with Crippen LogP contribution in [0.3, 0.4) is 0 Å². The van der Waals surface area contributed by atoms with Gasteiger partial charge in [-0.25, -0.2) is 9.18 Å². The van der Waals surface area contributed by atoms with Gasteiger partial charge in [0.25, 0.3) is 0 Å². The van der Waals surface area contributed by atoms with E-state index in [-0.39, 0.29) is 18.2 Å². The predicted molar refractivity (Wildman–Crippen MR) is 54.2 cm³/mol. The molecule has 0 saturated heterocycles. The van der Waals surface area contributed by atoms with Crippen LogP contribution in [0.25, 0.3) is 0 Å². The van der Waals surface area contributed by atoms with Gasteiger partial charge in [0.2, 0.25) is 5.76 Å². The van der Waals surface area contributed by atoms with Crippen LogP contribution in [-0.2, 0) is 6.61 Å². The van der Waals surface area contributed by atoms with Crippen LogP contribution >= 0.6 is 0 Å². The van der Waals surface area contributed by atoms with Gasteiger partial charge in [-0.2, -0.15) is 0 Å². The van der Waals surface area contributed by atoms with Crippen molar-refractivity contribution in [3.63, 3.8) is 0 Å². The first-order valence-corrected chi connectivity index (χ1v) is 4.72. The van der Waals surface area contributed by atoms with E-state index in [2.05, 4.69) is 9.68 Å². The number of aromatic nitrogens is 1. The number of carbonyl (C=O) groups is 1. The van der Waals surface area contributed by atoms with Gasteiger partial charge < -0.3 is 14.4 Å². The summed E-state index contributed by atoms with van der Waals surface area (Å²) in [6.45, 7) is 0.0579. The second-order valence-corrected chi connectivity index (χ2v) is 3.23. The van der Waals surface area contributed by atoms with Crippen LogP contribution in [0.15, 0.2) is 34.9 Å². The van der Waals surface area contributed by atoms with Crippen LogP contribution in [0.4, 0.5) is 4.39 Å². The first kappa shape index (κ1) is 11.1. The normalized spacial score (nSPS) is 10.2. The molecule has 0 aliphatic heterocycles. The van der Waals surface area contributed by atoms with Gasteiger partial charge in [-0.3, -0.25) is 0 Å². The zero-order valence-electron chi connectivity index (χ0n) is 8.59. The Morgan fingerprint density at radius 2 is 2.12 bits per heavy atom. The number of hydrogen-bond donors (Lipinski definition) is 1. The van der Waals surface area contributed by atoms with Gasteiger partial charge >= 0.3 is 5.97 Å². The third kappa shape index (κ3) is 2.81. The lowest BCUT2D eigenvalue weighted by molar-refractivity contribution is 0.0651. The Bertz CT molecular complexity index is 521. The highest BCUT2D eigenvalue weighted by Gasteiger charge is 2.11. The molecule has 1 heterocycles. The van der Waals surface area contributed by atoms with Crippen LogP contribution in [0.2, 0.25) is 0 Å². The molecule has 5 nitrogen and oxygen atoms in total. The molecule has 0 saturated carbocycles. The van der Waals surface area contributed by atoms with Crippen molar-refractivity contribution in [2.24, 2.45) is 0 Å². The zero-order chi connectivity index (χ0) is 12.3. The summed E-state index contributed by atoms with van der Waals surface area (Å²) in [5.41, 5.74) is 0.353. The van der Waals surface area contributed by atoms with Gasteiger partial charge in [0.15, 0.2) is 0 Å². The second kappa shape index (κ2) is 4.65. The van der Waals surface area contributed by atoms with E-state index in [1.165, 1.54) is 30.3 Å². The molecule has 1 aromatic heterocycles. The standard InChI is InChI=1S/C11H8FNO4/c12-7-1-3-9(4-2-7)16-6-8-5-10(11(14)15)17-13-8/h1-5H,6H2,(H,14,15). The summed E-state index contributed by atoms with van der Waals surface area (Å²) in [5.74, 6) is -1.33. The molecule has 0 aliphatic rings. The Morgan fingerprint density at radius 1 is 1.41 bits per heavy atom. The smallest absolute Gasteiger partial charge is 0.374 e. The maximum Gasteiger partial charge on any atom is 0.374 e. The lowest BCUT2D eigenvalue weighted by Crippen LogP contribution is -1.96. The van der Waals surface area contributed by atoms with Crippen molar-refractivity contribution in [1.29, 1.82) is 0 Å². The number of halogens is 1. The fourth-order valence-electron chi connectivity index (χ4n) is 1.17. The fourth-order valence-corrected chi connectivity index (χ4v) is 1.17. The quantitative estimate of drug-likeness (QED) is 0.881. The number of nitrogens with zero attached hydrogens (tertiary/aromatic N) is 1. The second-order valence-electron chi connectivity index (χ2n) is 3.23. The summed E-state index contributed by atoms with van der Waals surface area (Å²) in [7, 11) is 0. The lowest BCUT2D eigenvalue weighted by atomic mass is 10.3. The van der Waals surface area contributed by atoms with Crippen molar-refractivity contribution in [2.45, 2.75) is 6.61 Å². The summed E-state index contributed by atoms with van der Waals surface area (Å²) in [5, 5.41) is 12.1. The fraction of sp³-hybridized carbons (Fsp3) is 0.0909. The van der Waals surface area contributed by atoms with Crippen LogP contribution in [0.1, 0.15) is 16.2 Å². The molecule has 88 valence electrons. The SMILES string of the molecule is O=C(O)c1cc(COc2ccc(F)cc2)no1. The van der Waals surface area contributed by atoms with Crippen LogP contribution in [0.5, 0.6) is 5.75 Å². The van der Waals surface area contributed by atoms with Gasteiger partial charge in [-0.05, 0) is 24.3 Å². The molecule has 0 bridgehead atoms. The minimum atomic E-state index is -1.19. The number of carboxylic acid groups (broad SMARTS) is 1. The molecule has 0 radical (unpaired) electrons. The van der Waals surface area contributed by atoms with E-state index in [9.17, 15) is 9.18 Å². The Hall–Kier alpha value is -2.37. The first-order chi connectivity index (χ1) is 8.15. The number of hydrogen-bond acceptors (Lipinski definition) is 4. The highest BCUT2D eigenvalue weighted by molar-refractivity contribution is 5.84. The Labute approximate surface area is 95.4 Å². The molecule has 0 fully saturated rings. The molecule has 0 spiro atoms. The summed E-state index contributed by atoms with van der Waals surface area (Å²) in [6, 6.07) is 6.73. The van der Waals surface area contributed by atoms with Gasteiger partial charge in [0, 0.05) is 6.07 Å². The molecule has 2 aromatic rings. The van der Waals surface area contributed by atoms with Crippen molar-refractivity contribution in [3.8, 4) is 5.75 Å². The number of ether oxygens (including phenoxy) is 1. The monoisotopic (exact) mass is 237 g/mol. The van der Waals surface area contributed by atoms with E-state index in [1.54, 1.807) is 0 Å². The van der Waals surface area contributed by atoms with Gasteiger partial charge in [-0.15, -0.1) is 0 Å². The largest absolute Gasteiger partial charge is 0.487 e. The van der Waals surface area contributed by atoms with E-state index in [0.717, 1.165) is 0 Å². The number of aromatic carboxylic acids is 1. The third-order valence-corrected chi connectivity index (χ3v) is 1.97. The molecule has 1 N–H and O–H groups in total. The van der Waals surface area contributed by atoms with Crippen molar-refractivity contribution in [1.82, 2.24) is 5.16 Å². The predicted octanol–water partition coefficient (Wildman–Crippen LogP) is 2.09. The summed E-state index contributed by atoms with van der Waals surface area (Å²) in [6.07, 6.45) is 0. The number of rotatable bonds is 4. The van der Waals surface area contributed by atoms with Crippen LogP contribution < -0.4 is 4.74 Å². The van der Waals surface area contributed by atoms with Gasteiger partial charge in [0.1, 0.15) is 23.9 Å². The summed E-state index contributed by atoms with van der Waals surface area (Å²) < 4.78 is 22.4. The average Bonchev–Trinajstić information content (AvgIpc) is 2.77. The molecule has 1 aromatic carbocycles. The molecule has 0 unspecified atom stereocenters. The van der Waals surface area contributed by atoms with Crippen molar-refractivity contribution in [2.75, 3.05) is 0 Å². The Kier molecular flexibility index (Phi) is 3.04. The van der Waals surface area contributed by atoms with E-state index >= 15 is 0 Å². The van der Waals surface area contributed by atoms with E-state index < -0.39 is 5.97 Å². The molecule has 2 rings (SSSR count). The Balaban J connectivity index is 1.97. The summed E-state index contributed by atoms with van der Waals surface area (Å²) in [4.78, 5) is 10.5. The van der Waals surface area contributed by atoms with Gasteiger partial charge in [0.05, 0.1) is 0 Å². The zero-order valence-corrected chi connectivity index (χ0v) is 8.59. The van der Waals surface area contributed by atoms with E-state index in [1.807, 2.05) is 0 Å². The first-order valence-electron chi connectivity index (χ1n) is 4.72. The van der Waals surface area contributed by atoms with Crippen LogP contribution in [0, 0.1) is 5.82 Å². The molecule has 17 heavy (non-hydrogen) atoms. The lowest BCUT2D eigenvalue weighted by Gasteiger charge is -2.02. The van der Waals surface area contributed by atoms with E-state index in [0.29, 0.717) is 11.4 Å². The third-order valence-electron chi connectivity index (χ3n) is 1.97. The molecule has 6 heteroatoms. The van der Waals surface area contributed by atoms with E-state index in [4.69, 9.17) is 9.84 Å². The topological polar surface area (TPSA) is 72.6 Å². The molecule has 0 aliphatic carbocycles. The Morgan fingerprint density at radius 3 is 2.71 bits per heavy atom. The maximum atomic E-state index is 12.6. The van der Waals surface area contributed by atoms with Crippen molar-refractivity contribution >= 4 is 5.97 Å². The van der Waals surface area contributed by atoms with Crippen LogP contribution in [-0.4, -0.2) is 16.2 Å². The maximum absolute atomic E-state index is 12.6. The highest BCUT2D eigenvalue weighted by atomic mass is 19.1. The minimum Gasteiger partial charge on any atom is -0.487 e. The van der Waals surface area contributed by atoms with Crippen molar-refractivity contribution in [3.05, 3.63) is 47.6 Å². The highest BCUT2D eigenvalue weighted by Crippen LogP contribution is 2.13. The summed E-state index contributed by atoms with van der Waals surface area (Å²) >= 11 is 0. The molecular weight excluding hydrogens is 229 g/mol. The minimum absolute atomic E-state index is 0.0579. The molecule has 0 amide bonds. The van der Waals surface area contributed by atoms with Crippen molar-refractivity contribution < 1.29 is 23.6 Å². The molecular formula is C11H8FNO4.